The van der Waals surface area contributed by atoms with Crippen molar-refractivity contribution >= 4 is 0 Å². The summed E-state index contributed by atoms with van der Waals surface area (Å²) in [5.74, 6) is 0. The van der Waals surface area contributed by atoms with Crippen LogP contribution in [-0.4, -0.2) is 39.9 Å². The standard InChI is InChI=1S/C15H30N4/c1-7-15(5,19(9-3)10-4)14(16-8-2)13-11-12-18(6)17-13/h11-12,14,16H,7-10H2,1-6H3. The maximum atomic E-state index is 4.62. The molecule has 0 aliphatic rings. The lowest BCUT2D eigenvalue weighted by atomic mass is 9.85. The maximum absolute atomic E-state index is 4.62. The van der Waals surface area contributed by atoms with Gasteiger partial charge in [-0.15, -0.1) is 0 Å². The molecule has 1 aromatic rings. The smallest absolute Gasteiger partial charge is 0.0812 e. The van der Waals surface area contributed by atoms with Crippen molar-refractivity contribution in [1.29, 1.82) is 0 Å². The average Bonchev–Trinajstić information content (AvgIpc) is 2.83. The Balaban J connectivity index is 3.13. The van der Waals surface area contributed by atoms with Crippen LogP contribution in [0.1, 0.15) is 52.8 Å². The van der Waals surface area contributed by atoms with Gasteiger partial charge < -0.3 is 5.32 Å². The molecular formula is C15H30N4. The third kappa shape index (κ3) is 3.37. The molecule has 0 saturated carbocycles. The highest BCUT2D eigenvalue weighted by atomic mass is 15.3. The van der Waals surface area contributed by atoms with Gasteiger partial charge in [-0.1, -0.05) is 27.7 Å². The summed E-state index contributed by atoms with van der Waals surface area (Å²) < 4.78 is 1.89. The van der Waals surface area contributed by atoms with Crippen molar-refractivity contribution in [2.45, 2.75) is 52.6 Å². The number of aryl methyl sites for hydroxylation is 1. The molecule has 0 amide bonds. The maximum Gasteiger partial charge on any atom is 0.0812 e. The number of hydrogen-bond acceptors (Lipinski definition) is 3. The zero-order valence-corrected chi connectivity index (χ0v) is 13.4. The van der Waals surface area contributed by atoms with Crippen LogP contribution in [-0.2, 0) is 7.05 Å². The molecular weight excluding hydrogens is 236 g/mol. The molecule has 0 spiro atoms. The third-order valence-electron chi connectivity index (χ3n) is 4.26. The number of hydrogen-bond donors (Lipinski definition) is 1. The zero-order valence-electron chi connectivity index (χ0n) is 13.4. The number of likely N-dealkylation sites (N-methyl/N-ethyl adjacent to an activating group) is 2. The summed E-state index contributed by atoms with van der Waals surface area (Å²) >= 11 is 0. The van der Waals surface area contributed by atoms with E-state index in [2.05, 4.69) is 56.0 Å². The molecule has 0 aliphatic heterocycles. The van der Waals surface area contributed by atoms with Gasteiger partial charge in [-0.2, -0.15) is 5.10 Å². The minimum atomic E-state index is 0.0911. The fourth-order valence-electron chi connectivity index (χ4n) is 2.99. The summed E-state index contributed by atoms with van der Waals surface area (Å²) in [6.45, 7) is 14.3. The minimum absolute atomic E-state index is 0.0911. The summed E-state index contributed by atoms with van der Waals surface area (Å²) in [6, 6.07) is 2.40. The number of rotatable bonds is 8. The highest BCUT2D eigenvalue weighted by Crippen LogP contribution is 2.33. The first kappa shape index (κ1) is 16.2. The number of nitrogens with zero attached hydrogens (tertiary/aromatic N) is 3. The summed E-state index contributed by atoms with van der Waals surface area (Å²) in [6.07, 6.45) is 3.13. The normalized spacial score (nSPS) is 16.6. The van der Waals surface area contributed by atoms with E-state index in [0.717, 1.165) is 31.7 Å². The summed E-state index contributed by atoms with van der Waals surface area (Å²) in [4.78, 5) is 2.54. The minimum Gasteiger partial charge on any atom is -0.307 e. The van der Waals surface area contributed by atoms with Crippen molar-refractivity contribution in [2.24, 2.45) is 7.05 Å². The van der Waals surface area contributed by atoms with Gasteiger partial charge in [0, 0.05) is 18.8 Å². The van der Waals surface area contributed by atoms with Crippen molar-refractivity contribution in [1.82, 2.24) is 20.0 Å². The molecule has 4 heteroatoms. The Kier molecular flexibility index (Phi) is 6.01. The molecule has 1 heterocycles. The van der Waals surface area contributed by atoms with Crippen LogP contribution >= 0.6 is 0 Å². The van der Waals surface area contributed by atoms with E-state index in [9.17, 15) is 0 Å². The van der Waals surface area contributed by atoms with Crippen LogP contribution in [0.15, 0.2) is 12.3 Å². The van der Waals surface area contributed by atoms with Crippen LogP contribution in [0.4, 0.5) is 0 Å². The van der Waals surface area contributed by atoms with E-state index in [-0.39, 0.29) is 11.6 Å². The van der Waals surface area contributed by atoms with Crippen molar-refractivity contribution in [3.05, 3.63) is 18.0 Å². The second-order valence-electron chi connectivity index (χ2n) is 5.29. The van der Waals surface area contributed by atoms with Crippen LogP contribution in [0.5, 0.6) is 0 Å². The molecule has 4 nitrogen and oxygen atoms in total. The highest BCUT2D eigenvalue weighted by Gasteiger charge is 2.38. The first-order valence-corrected chi connectivity index (χ1v) is 7.51. The molecule has 0 saturated heterocycles. The molecule has 0 aromatic carbocycles. The summed E-state index contributed by atoms with van der Waals surface area (Å²) in [7, 11) is 1.98. The second-order valence-corrected chi connectivity index (χ2v) is 5.29. The van der Waals surface area contributed by atoms with Crippen LogP contribution in [0.2, 0.25) is 0 Å². The number of aromatic nitrogens is 2. The molecule has 19 heavy (non-hydrogen) atoms. The highest BCUT2D eigenvalue weighted by molar-refractivity contribution is 5.13. The third-order valence-corrected chi connectivity index (χ3v) is 4.26. The Morgan fingerprint density at radius 3 is 2.32 bits per heavy atom. The van der Waals surface area contributed by atoms with Crippen molar-refractivity contribution in [2.75, 3.05) is 19.6 Å². The molecule has 1 N–H and O–H groups in total. The quantitative estimate of drug-likeness (QED) is 0.785. The van der Waals surface area contributed by atoms with E-state index in [1.54, 1.807) is 0 Å². The molecule has 110 valence electrons. The van der Waals surface area contributed by atoms with Gasteiger partial charge in [0.05, 0.1) is 11.7 Å². The van der Waals surface area contributed by atoms with Gasteiger partial charge >= 0.3 is 0 Å². The van der Waals surface area contributed by atoms with Crippen LogP contribution in [0.25, 0.3) is 0 Å². The predicted molar refractivity (Wildman–Crippen MR) is 81.2 cm³/mol. The van der Waals surface area contributed by atoms with Gasteiger partial charge in [0.1, 0.15) is 0 Å². The molecule has 1 rings (SSSR count). The number of nitrogens with one attached hydrogen (secondary N) is 1. The molecule has 0 aliphatic carbocycles. The monoisotopic (exact) mass is 266 g/mol. The van der Waals surface area contributed by atoms with Gasteiger partial charge in [-0.25, -0.2) is 0 Å². The fraction of sp³-hybridized carbons (Fsp3) is 0.800. The van der Waals surface area contributed by atoms with E-state index in [1.807, 2.05) is 17.9 Å². The first-order valence-electron chi connectivity index (χ1n) is 7.51. The summed E-state index contributed by atoms with van der Waals surface area (Å²) in [5, 5.41) is 8.26. The van der Waals surface area contributed by atoms with E-state index >= 15 is 0 Å². The predicted octanol–water partition coefficient (Wildman–Crippen LogP) is 2.58. The first-order chi connectivity index (χ1) is 9.03. The van der Waals surface area contributed by atoms with Crippen LogP contribution in [0, 0.1) is 0 Å². The van der Waals surface area contributed by atoms with E-state index in [0.29, 0.717) is 0 Å². The van der Waals surface area contributed by atoms with Crippen LogP contribution in [0.3, 0.4) is 0 Å². The van der Waals surface area contributed by atoms with Gasteiger partial charge in [-0.3, -0.25) is 9.58 Å². The molecule has 2 unspecified atom stereocenters. The van der Waals surface area contributed by atoms with E-state index in [4.69, 9.17) is 0 Å². The lowest BCUT2D eigenvalue weighted by Crippen LogP contribution is -2.54. The molecule has 0 fully saturated rings. The van der Waals surface area contributed by atoms with E-state index in [1.165, 1.54) is 0 Å². The lowest BCUT2D eigenvalue weighted by molar-refractivity contribution is 0.0687. The van der Waals surface area contributed by atoms with Gasteiger partial charge in [0.15, 0.2) is 0 Å². The Morgan fingerprint density at radius 1 is 1.32 bits per heavy atom. The van der Waals surface area contributed by atoms with Crippen molar-refractivity contribution in [3.63, 3.8) is 0 Å². The fourth-order valence-corrected chi connectivity index (χ4v) is 2.99. The van der Waals surface area contributed by atoms with E-state index < -0.39 is 0 Å². The van der Waals surface area contributed by atoms with Crippen LogP contribution < -0.4 is 5.32 Å². The topological polar surface area (TPSA) is 33.1 Å². The second kappa shape index (κ2) is 7.06. The molecule has 2 atom stereocenters. The molecule has 1 aromatic heterocycles. The van der Waals surface area contributed by atoms with Gasteiger partial charge in [-0.05, 0) is 39.0 Å². The Hall–Kier alpha value is -0.870. The summed E-state index contributed by atoms with van der Waals surface area (Å²) in [5.41, 5.74) is 1.23. The SMILES string of the molecule is CCNC(c1ccn(C)n1)C(C)(CC)N(CC)CC. The van der Waals surface area contributed by atoms with Gasteiger partial charge in [0.25, 0.3) is 0 Å². The van der Waals surface area contributed by atoms with Crippen molar-refractivity contribution in [3.8, 4) is 0 Å². The largest absolute Gasteiger partial charge is 0.307 e. The average molecular weight is 266 g/mol. The lowest BCUT2D eigenvalue weighted by Gasteiger charge is -2.45. The van der Waals surface area contributed by atoms with Crippen molar-refractivity contribution < 1.29 is 0 Å². The molecule has 0 radical (unpaired) electrons. The van der Waals surface area contributed by atoms with Gasteiger partial charge in [0.2, 0.25) is 0 Å². The molecule has 0 bridgehead atoms. The Bertz CT molecular complexity index is 370. The zero-order chi connectivity index (χ0) is 14.5. The Labute approximate surface area is 118 Å². The Morgan fingerprint density at radius 2 is 1.95 bits per heavy atom.